The molecule has 0 saturated heterocycles. The second-order valence-electron chi connectivity index (χ2n) is 14.5. The van der Waals surface area contributed by atoms with Crippen LogP contribution in [0.1, 0.15) is 99.5 Å². The predicted molar refractivity (Wildman–Crippen MR) is 246 cm³/mol. The predicted octanol–water partition coefficient (Wildman–Crippen LogP) is 7.12. The van der Waals surface area contributed by atoms with Crippen molar-refractivity contribution in [3.05, 3.63) is 81.8 Å². The zero-order chi connectivity index (χ0) is 45.4. The fourth-order valence-corrected chi connectivity index (χ4v) is 8.21. The number of aldehydes is 1. The van der Waals surface area contributed by atoms with E-state index in [4.69, 9.17) is 45.3 Å². The van der Waals surface area contributed by atoms with Crippen LogP contribution in [-0.2, 0) is 19.5 Å². The van der Waals surface area contributed by atoms with Gasteiger partial charge >= 0.3 is 0 Å². The Kier molecular flexibility index (Phi) is 14.9. The minimum Gasteiger partial charge on any atom is -0.495 e. The molecule has 5 heterocycles. The van der Waals surface area contributed by atoms with Crippen LogP contribution in [0, 0.1) is 13.8 Å². The van der Waals surface area contributed by atoms with Gasteiger partial charge in [-0.05, 0) is 70.5 Å². The lowest BCUT2D eigenvalue weighted by Crippen LogP contribution is -2.13. The van der Waals surface area contributed by atoms with Gasteiger partial charge in [0.15, 0.2) is 23.8 Å². The largest absolute Gasteiger partial charge is 0.495 e. The monoisotopic (exact) mass is 877 g/mol. The van der Waals surface area contributed by atoms with E-state index in [0.717, 1.165) is 75.3 Å². The number of carbonyl (C=O) groups excluding carboxylic acids is 3. The molecule has 0 aliphatic heterocycles. The summed E-state index contributed by atoms with van der Waals surface area (Å²) in [5.74, 6) is 2.52. The van der Waals surface area contributed by atoms with Crippen molar-refractivity contribution in [2.45, 2.75) is 79.3 Å². The first-order chi connectivity index (χ1) is 30.5. The molecule has 0 bridgehead atoms. The lowest BCUT2D eigenvalue weighted by molar-refractivity contribution is 0.0991. The molecule has 0 spiro atoms. The highest BCUT2D eigenvalue weighted by Crippen LogP contribution is 2.46. The Labute approximate surface area is 369 Å². The first kappa shape index (κ1) is 45.9. The third kappa shape index (κ3) is 9.86. The van der Waals surface area contributed by atoms with Crippen molar-refractivity contribution in [1.29, 1.82) is 0 Å². The second kappa shape index (κ2) is 20.5. The quantitative estimate of drug-likeness (QED) is 0.0406. The van der Waals surface area contributed by atoms with E-state index in [-0.39, 0.29) is 0 Å². The van der Waals surface area contributed by atoms with Gasteiger partial charge in [-0.1, -0.05) is 32.9 Å². The standard InChI is InChI=1S/C36H40N10O4S.C7H9NO2.C2H6/c1-19-42-28(20-8-9-20)31(51-19)34-41-18-24-23-14-21(32(37)47)16-26(49-4)29(23)45(35(24)44-34)11-5-6-12-46-30-25(43-36(46)40-3)15-22(33(38)48)17-27(30)50-13-7-10-39-2;1-3-6-7(4-9)10-5(2)8-6;1-2/h5-6,14-18,20,39H,7-13H2,1-4H3,(H2,37,47)(H2,38,48)(H,40,43);4H,3H2,1-2H3;1-2H3/b6-5+;;. The first-order valence-electron chi connectivity index (χ1n) is 21.0. The minimum atomic E-state index is -0.553. The number of benzene rings is 2. The highest BCUT2D eigenvalue weighted by molar-refractivity contribution is 7.15. The number of imidazole rings is 1. The summed E-state index contributed by atoms with van der Waals surface area (Å²) in [6.45, 7) is 11.8. The maximum atomic E-state index is 12.3. The third-order valence-electron chi connectivity index (χ3n) is 10.3. The summed E-state index contributed by atoms with van der Waals surface area (Å²) in [4.78, 5) is 59.2. The van der Waals surface area contributed by atoms with Crippen molar-refractivity contribution in [2.75, 3.05) is 39.7 Å². The van der Waals surface area contributed by atoms with Crippen molar-refractivity contribution in [3.8, 4) is 22.2 Å². The topological polar surface area (TPSA) is 233 Å². The Morgan fingerprint density at radius 1 is 0.937 bits per heavy atom. The number of primary amides is 2. The highest BCUT2D eigenvalue weighted by atomic mass is 32.1. The van der Waals surface area contributed by atoms with Crippen molar-refractivity contribution in [1.82, 2.24) is 39.4 Å². The number of aromatic nitrogens is 7. The average Bonchev–Trinajstić information content (AvgIpc) is 3.65. The number of thiazole rings is 1. The number of nitrogens with zero attached hydrogens (tertiary/aromatic N) is 7. The van der Waals surface area contributed by atoms with Crippen molar-refractivity contribution in [3.63, 3.8) is 0 Å². The number of carbonyl (C=O) groups is 3. The van der Waals surface area contributed by atoms with Crippen molar-refractivity contribution >= 4 is 68.4 Å². The normalized spacial score (nSPS) is 12.3. The summed E-state index contributed by atoms with van der Waals surface area (Å²) in [5.41, 5.74) is 16.7. The summed E-state index contributed by atoms with van der Waals surface area (Å²) in [7, 11) is 5.26. The molecule has 332 valence electrons. The van der Waals surface area contributed by atoms with E-state index in [1.54, 1.807) is 56.7 Å². The number of hydrogen-bond donors (Lipinski definition) is 4. The van der Waals surface area contributed by atoms with Gasteiger partial charge < -0.3 is 45.1 Å². The number of aryl methyl sites for hydroxylation is 3. The molecule has 63 heavy (non-hydrogen) atoms. The molecule has 5 aromatic heterocycles. The lowest BCUT2D eigenvalue weighted by Gasteiger charge is -2.12. The summed E-state index contributed by atoms with van der Waals surface area (Å²) >= 11 is 1.61. The van der Waals surface area contributed by atoms with E-state index in [1.165, 1.54) is 0 Å². The molecule has 1 aliphatic carbocycles. The molecule has 2 amide bonds. The van der Waals surface area contributed by atoms with Crippen LogP contribution < -0.4 is 31.6 Å². The number of hydrogen-bond acceptors (Lipinski definition) is 14. The Bertz CT molecular complexity index is 2800. The number of methoxy groups -OCH3 is 1. The van der Waals surface area contributed by atoms with Gasteiger partial charge in [-0.15, -0.1) is 11.3 Å². The Morgan fingerprint density at radius 3 is 2.25 bits per heavy atom. The van der Waals surface area contributed by atoms with E-state index in [1.807, 2.05) is 57.7 Å². The van der Waals surface area contributed by atoms with Gasteiger partial charge in [0.1, 0.15) is 22.7 Å². The molecule has 1 aliphatic rings. The van der Waals surface area contributed by atoms with Gasteiger partial charge in [0.05, 0.1) is 46.0 Å². The third-order valence-corrected chi connectivity index (χ3v) is 11.2. The number of rotatable bonds is 17. The number of fused-ring (bicyclic) bond motifs is 4. The maximum Gasteiger partial charge on any atom is 0.248 e. The fraction of sp³-hybridized carbons (Fsp3) is 0.378. The van der Waals surface area contributed by atoms with Gasteiger partial charge in [-0.3, -0.25) is 14.4 Å². The molecular formula is C45H55N11O6S. The van der Waals surface area contributed by atoms with E-state index in [9.17, 15) is 14.4 Å². The van der Waals surface area contributed by atoms with Crippen LogP contribution in [0.15, 0.2) is 47.0 Å². The van der Waals surface area contributed by atoms with Crippen molar-refractivity contribution < 1.29 is 28.3 Å². The number of nitrogens with two attached hydrogens (primary N) is 2. The molecule has 18 heteroatoms. The molecule has 0 atom stereocenters. The number of amides is 2. The zero-order valence-corrected chi connectivity index (χ0v) is 37.8. The second-order valence-corrected chi connectivity index (χ2v) is 15.7. The van der Waals surface area contributed by atoms with E-state index < -0.39 is 11.8 Å². The molecule has 2 aromatic carbocycles. The average molecular weight is 878 g/mol. The van der Waals surface area contributed by atoms with Crippen LogP contribution in [0.4, 0.5) is 5.95 Å². The lowest BCUT2D eigenvalue weighted by atomic mass is 10.1. The SMILES string of the molecule is CC.CCc1nc(C)oc1C=O.CNCCCOc1cc(C(N)=O)cc2nc(NC)n(C/C=C/Cn3c4nc(-c5sc(C)nc5C5CC5)ncc4c4cc(C(N)=O)cc(OC)c43)c12. The molecule has 7 aromatic rings. The van der Waals surface area contributed by atoms with Gasteiger partial charge in [0, 0.05) is 61.1 Å². The molecular weight excluding hydrogens is 823 g/mol. The van der Waals surface area contributed by atoms with E-state index >= 15 is 0 Å². The molecule has 8 rings (SSSR count). The molecule has 6 N–H and O–H groups in total. The number of ether oxygens (including phenoxy) is 2. The van der Waals surface area contributed by atoms with Gasteiger partial charge in [0.25, 0.3) is 0 Å². The smallest absolute Gasteiger partial charge is 0.248 e. The summed E-state index contributed by atoms with van der Waals surface area (Å²) in [6.07, 6.45) is 10.4. The number of oxazole rings is 1. The number of anilines is 1. The van der Waals surface area contributed by atoms with Crippen molar-refractivity contribution in [2.24, 2.45) is 11.5 Å². The maximum absolute atomic E-state index is 12.3. The van der Waals surface area contributed by atoms with Crippen LogP contribution in [-0.4, -0.2) is 86.5 Å². The molecule has 1 fully saturated rings. The van der Waals surface area contributed by atoms with Crippen LogP contribution in [0.3, 0.4) is 0 Å². The Balaban J connectivity index is 0.000000481. The molecule has 1 saturated carbocycles. The highest BCUT2D eigenvalue weighted by Gasteiger charge is 2.31. The van der Waals surface area contributed by atoms with Gasteiger partial charge in [-0.2, -0.15) is 0 Å². The van der Waals surface area contributed by atoms with Crippen LogP contribution in [0.5, 0.6) is 11.5 Å². The molecule has 0 unspecified atom stereocenters. The van der Waals surface area contributed by atoms with E-state index in [2.05, 4.69) is 20.2 Å². The van der Waals surface area contributed by atoms with Gasteiger partial charge in [0.2, 0.25) is 17.8 Å². The van der Waals surface area contributed by atoms with Crippen LogP contribution in [0.2, 0.25) is 0 Å². The van der Waals surface area contributed by atoms with Gasteiger partial charge in [-0.25, -0.2) is 24.9 Å². The van der Waals surface area contributed by atoms with Crippen LogP contribution in [0.25, 0.3) is 43.7 Å². The Hall–Kier alpha value is -6.66. The summed E-state index contributed by atoms with van der Waals surface area (Å²) < 4.78 is 21.0. The molecule has 0 radical (unpaired) electrons. The summed E-state index contributed by atoms with van der Waals surface area (Å²) in [5, 5.41) is 8.81. The zero-order valence-electron chi connectivity index (χ0n) is 37.0. The van der Waals surface area contributed by atoms with Crippen LogP contribution >= 0.6 is 11.3 Å². The first-order valence-corrected chi connectivity index (χ1v) is 21.8. The number of nitrogens with one attached hydrogen (secondary N) is 2. The molecule has 17 nitrogen and oxygen atoms in total. The van der Waals surface area contributed by atoms with E-state index in [0.29, 0.717) is 89.1 Å². The number of allylic oxidation sites excluding steroid dienone is 2. The summed E-state index contributed by atoms with van der Waals surface area (Å²) in [6, 6.07) is 6.78. The minimum absolute atomic E-state index is 0.327. The Morgan fingerprint density at radius 2 is 1.63 bits per heavy atom. The fourth-order valence-electron chi connectivity index (χ4n) is 7.26.